The number of halogens is 1. The minimum atomic E-state index is -3.44. The van der Waals surface area contributed by atoms with Gasteiger partial charge in [0.15, 0.2) is 0 Å². The Labute approximate surface area is 116 Å². The van der Waals surface area contributed by atoms with Gasteiger partial charge >= 0.3 is 0 Å². The van der Waals surface area contributed by atoms with Crippen LogP contribution in [0.4, 0.5) is 0 Å². The first-order valence-corrected chi connectivity index (χ1v) is 8.18. The number of hydrogen-bond donors (Lipinski definition) is 1. The Balaban J connectivity index is 2.42. The molecule has 2 rings (SSSR count). The fraction of sp³-hybridized carbons (Fsp3) is 0.500. The maximum atomic E-state index is 12.6. The van der Waals surface area contributed by atoms with Gasteiger partial charge in [-0.15, -0.1) is 0 Å². The monoisotopic (exact) mass is 332 g/mol. The first-order valence-electron chi connectivity index (χ1n) is 5.95. The zero-order valence-corrected chi connectivity index (χ0v) is 12.7. The standard InChI is InChI=1S/C12H17BrN2O2S/c1-9-4-5-12(11(13)7-9)18(16,17)15-6-2-3-10(15)8-14/h4-5,7,10H,2-3,6,8,14H2,1H3. The zero-order chi connectivity index (χ0) is 13.3. The Hall–Kier alpha value is -0.430. The van der Waals surface area contributed by atoms with Crippen LogP contribution in [0.3, 0.4) is 0 Å². The molecule has 18 heavy (non-hydrogen) atoms. The van der Waals surface area contributed by atoms with Crippen molar-refractivity contribution >= 4 is 26.0 Å². The van der Waals surface area contributed by atoms with Crippen LogP contribution in [0.25, 0.3) is 0 Å². The maximum Gasteiger partial charge on any atom is 0.244 e. The van der Waals surface area contributed by atoms with Gasteiger partial charge in [-0.3, -0.25) is 0 Å². The third kappa shape index (κ3) is 2.47. The predicted octanol–water partition coefficient (Wildman–Crippen LogP) is 1.87. The molecule has 0 spiro atoms. The highest BCUT2D eigenvalue weighted by Crippen LogP contribution is 2.30. The van der Waals surface area contributed by atoms with Gasteiger partial charge in [0, 0.05) is 23.6 Å². The molecule has 1 unspecified atom stereocenters. The molecule has 2 N–H and O–H groups in total. The molecular formula is C12H17BrN2O2S. The van der Waals surface area contributed by atoms with E-state index in [0.717, 1.165) is 18.4 Å². The first kappa shape index (κ1) is 14.0. The lowest BCUT2D eigenvalue weighted by molar-refractivity contribution is 0.393. The van der Waals surface area contributed by atoms with E-state index < -0.39 is 10.0 Å². The number of nitrogens with zero attached hydrogens (tertiary/aromatic N) is 1. The van der Waals surface area contributed by atoms with Gasteiger partial charge in [-0.25, -0.2) is 8.42 Å². The minimum Gasteiger partial charge on any atom is -0.329 e. The van der Waals surface area contributed by atoms with Gasteiger partial charge in [-0.2, -0.15) is 4.31 Å². The minimum absolute atomic E-state index is 0.0665. The van der Waals surface area contributed by atoms with Crippen molar-refractivity contribution < 1.29 is 8.42 Å². The van der Waals surface area contributed by atoms with E-state index in [9.17, 15) is 8.42 Å². The summed E-state index contributed by atoms with van der Waals surface area (Å²) in [5.41, 5.74) is 6.67. The Bertz CT molecular complexity index is 545. The molecule has 100 valence electrons. The molecule has 6 heteroatoms. The largest absolute Gasteiger partial charge is 0.329 e. The molecule has 1 saturated heterocycles. The summed E-state index contributed by atoms with van der Waals surface area (Å²) in [5.74, 6) is 0. The van der Waals surface area contributed by atoms with E-state index in [0.29, 0.717) is 22.5 Å². The topological polar surface area (TPSA) is 63.4 Å². The van der Waals surface area contributed by atoms with Crippen LogP contribution in [0, 0.1) is 6.92 Å². The van der Waals surface area contributed by atoms with E-state index >= 15 is 0 Å². The predicted molar refractivity (Wildman–Crippen MR) is 74.8 cm³/mol. The van der Waals surface area contributed by atoms with Crippen molar-refractivity contribution in [3.63, 3.8) is 0 Å². The average Bonchev–Trinajstić information content (AvgIpc) is 2.76. The molecule has 1 aromatic carbocycles. The van der Waals surface area contributed by atoms with E-state index in [1.165, 1.54) is 4.31 Å². The lowest BCUT2D eigenvalue weighted by atomic mass is 10.2. The molecule has 1 aliphatic heterocycles. The second kappa shape index (κ2) is 5.28. The van der Waals surface area contributed by atoms with Gasteiger partial charge in [0.1, 0.15) is 0 Å². The van der Waals surface area contributed by atoms with Crippen molar-refractivity contribution in [1.29, 1.82) is 0 Å². The summed E-state index contributed by atoms with van der Waals surface area (Å²) in [6.07, 6.45) is 1.73. The number of aryl methyl sites for hydroxylation is 1. The first-order chi connectivity index (χ1) is 8.46. The summed E-state index contributed by atoms with van der Waals surface area (Å²) in [7, 11) is -3.44. The molecule has 1 atom stereocenters. The highest BCUT2D eigenvalue weighted by atomic mass is 79.9. The maximum absolute atomic E-state index is 12.6. The molecule has 0 aromatic heterocycles. The summed E-state index contributed by atoms with van der Waals surface area (Å²) >= 11 is 3.33. The Morgan fingerprint density at radius 1 is 1.50 bits per heavy atom. The van der Waals surface area contributed by atoms with Gasteiger partial charge in [0.2, 0.25) is 10.0 Å². The van der Waals surface area contributed by atoms with Crippen molar-refractivity contribution in [1.82, 2.24) is 4.31 Å². The second-order valence-electron chi connectivity index (χ2n) is 4.58. The quantitative estimate of drug-likeness (QED) is 0.918. The molecule has 1 fully saturated rings. The summed E-state index contributed by atoms with van der Waals surface area (Å²) in [5, 5.41) is 0. The third-order valence-corrected chi connectivity index (χ3v) is 6.20. The highest BCUT2D eigenvalue weighted by Gasteiger charge is 2.35. The Kier molecular flexibility index (Phi) is 4.11. The fourth-order valence-electron chi connectivity index (χ4n) is 2.30. The van der Waals surface area contributed by atoms with Crippen LogP contribution in [-0.4, -0.2) is 31.9 Å². The van der Waals surface area contributed by atoms with E-state index in [-0.39, 0.29) is 6.04 Å². The van der Waals surface area contributed by atoms with Gasteiger partial charge in [0.25, 0.3) is 0 Å². The second-order valence-corrected chi connectivity index (χ2v) is 7.29. The normalized spacial score (nSPS) is 21.4. The fourth-order valence-corrected chi connectivity index (χ4v) is 5.16. The number of rotatable bonds is 3. The van der Waals surface area contributed by atoms with Crippen LogP contribution in [-0.2, 0) is 10.0 Å². The summed E-state index contributed by atoms with van der Waals surface area (Å²) < 4.78 is 27.3. The summed E-state index contributed by atoms with van der Waals surface area (Å²) in [6.45, 7) is 2.87. The molecule has 1 aromatic rings. The molecule has 4 nitrogen and oxygen atoms in total. The van der Waals surface area contributed by atoms with Crippen molar-refractivity contribution in [2.45, 2.75) is 30.7 Å². The molecule has 0 radical (unpaired) electrons. The van der Waals surface area contributed by atoms with Crippen molar-refractivity contribution in [2.75, 3.05) is 13.1 Å². The van der Waals surface area contributed by atoms with Crippen LogP contribution in [0.15, 0.2) is 27.6 Å². The number of sulfonamides is 1. The van der Waals surface area contributed by atoms with Crippen LogP contribution >= 0.6 is 15.9 Å². The molecule has 0 bridgehead atoms. The molecule has 0 amide bonds. The number of benzene rings is 1. The molecule has 0 saturated carbocycles. The molecule has 0 aliphatic carbocycles. The Morgan fingerprint density at radius 2 is 2.22 bits per heavy atom. The number of hydrogen-bond acceptors (Lipinski definition) is 3. The van der Waals surface area contributed by atoms with Crippen LogP contribution < -0.4 is 5.73 Å². The van der Waals surface area contributed by atoms with E-state index in [1.807, 2.05) is 19.1 Å². The van der Waals surface area contributed by atoms with Gasteiger partial charge in [-0.05, 0) is 53.4 Å². The lowest BCUT2D eigenvalue weighted by Gasteiger charge is -2.23. The average molecular weight is 333 g/mol. The summed E-state index contributed by atoms with van der Waals surface area (Å²) in [6, 6.07) is 5.22. The lowest BCUT2D eigenvalue weighted by Crippen LogP contribution is -2.39. The van der Waals surface area contributed by atoms with Crippen LogP contribution in [0.1, 0.15) is 18.4 Å². The van der Waals surface area contributed by atoms with Crippen molar-refractivity contribution in [3.8, 4) is 0 Å². The van der Waals surface area contributed by atoms with Crippen molar-refractivity contribution in [2.24, 2.45) is 5.73 Å². The third-order valence-electron chi connectivity index (χ3n) is 3.27. The smallest absolute Gasteiger partial charge is 0.244 e. The van der Waals surface area contributed by atoms with Crippen LogP contribution in [0.2, 0.25) is 0 Å². The highest BCUT2D eigenvalue weighted by molar-refractivity contribution is 9.10. The van der Waals surface area contributed by atoms with Gasteiger partial charge < -0.3 is 5.73 Å². The van der Waals surface area contributed by atoms with E-state index in [2.05, 4.69) is 15.9 Å². The molecular weight excluding hydrogens is 316 g/mol. The Morgan fingerprint density at radius 3 is 2.83 bits per heavy atom. The summed E-state index contributed by atoms with van der Waals surface area (Å²) in [4.78, 5) is 0.327. The van der Waals surface area contributed by atoms with Gasteiger partial charge in [0.05, 0.1) is 4.90 Å². The zero-order valence-electron chi connectivity index (χ0n) is 10.3. The molecule has 1 heterocycles. The number of nitrogens with two attached hydrogens (primary N) is 1. The van der Waals surface area contributed by atoms with E-state index in [1.54, 1.807) is 6.07 Å². The van der Waals surface area contributed by atoms with Crippen molar-refractivity contribution in [3.05, 3.63) is 28.2 Å². The molecule has 1 aliphatic rings. The SMILES string of the molecule is Cc1ccc(S(=O)(=O)N2CCCC2CN)c(Br)c1. The van der Waals surface area contributed by atoms with Crippen LogP contribution in [0.5, 0.6) is 0 Å². The van der Waals surface area contributed by atoms with Gasteiger partial charge in [-0.1, -0.05) is 6.07 Å². The van der Waals surface area contributed by atoms with E-state index in [4.69, 9.17) is 5.73 Å².